The quantitative estimate of drug-likeness (QED) is 0.439. The smallest absolute Gasteiger partial charge is 0.404 e. The summed E-state index contributed by atoms with van der Waals surface area (Å²) in [6, 6.07) is 14.2. The maximum atomic E-state index is 11.1. The Morgan fingerprint density at radius 1 is 1.06 bits per heavy atom. The average molecular weight is 443 g/mol. The van der Waals surface area contributed by atoms with Crippen molar-refractivity contribution < 1.29 is 14.3 Å². The number of benzene rings is 2. The van der Waals surface area contributed by atoms with Crippen LogP contribution >= 0.6 is 0 Å². The van der Waals surface area contributed by atoms with E-state index in [0.717, 1.165) is 59.4 Å². The molecule has 2 aromatic heterocycles. The number of nitrogens with one attached hydrogen (secondary N) is 1. The summed E-state index contributed by atoms with van der Waals surface area (Å²) >= 11 is 0. The highest BCUT2D eigenvalue weighted by atomic mass is 16.4. The second kappa shape index (κ2) is 8.58. The maximum Gasteiger partial charge on any atom is 0.404 e. The van der Waals surface area contributed by atoms with Crippen LogP contribution in [0.3, 0.4) is 0 Å². The number of rotatable bonds is 4. The molecule has 0 aliphatic carbocycles. The van der Waals surface area contributed by atoms with Crippen molar-refractivity contribution in [1.82, 2.24) is 15.3 Å². The number of piperidine rings is 1. The summed E-state index contributed by atoms with van der Waals surface area (Å²) in [6.07, 6.45) is 4.20. The molecule has 4 aromatic rings. The van der Waals surface area contributed by atoms with Crippen LogP contribution in [0.25, 0.3) is 33.7 Å². The molecule has 0 radical (unpaired) electrons. The Hall–Kier alpha value is -3.87. The summed E-state index contributed by atoms with van der Waals surface area (Å²) in [6.45, 7) is 5.63. The van der Waals surface area contributed by atoms with Crippen molar-refractivity contribution in [2.75, 3.05) is 18.0 Å². The van der Waals surface area contributed by atoms with E-state index in [-0.39, 0.29) is 6.04 Å². The molecule has 0 unspecified atom stereocenters. The van der Waals surface area contributed by atoms with Gasteiger partial charge in [0.25, 0.3) is 0 Å². The zero-order chi connectivity index (χ0) is 22.9. The van der Waals surface area contributed by atoms with E-state index in [9.17, 15) is 4.79 Å². The molecule has 0 atom stereocenters. The molecule has 1 amide bonds. The number of aryl methyl sites for hydroxylation is 2. The van der Waals surface area contributed by atoms with Crippen molar-refractivity contribution in [3.63, 3.8) is 0 Å². The number of nitrogens with zero attached hydrogens (tertiary/aromatic N) is 3. The Balaban J connectivity index is 1.63. The van der Waals surface area contributed by atoms with E-state index >= 15 is 0 Å². The van der Waals surface area contributed by atoms with Gasteiger partial charge in [-0.15, -0.1) is 0 Å². The lowest BCUT2D eigenvalue weighted by Gasteiger charge is -2.35. The summed E-state index contributed by atoms with van der Waals surface area (Å²) in [5.41, 5.74) is 7.90. The number of oxazole rings is 1. The highest BCUT2D eigenvalue weighted by Crippen LogP contribution is 2.41. The van der Waals surface area contributed by atoms with Crippen molar-refractivity contribution in [3.05, 3.63) is 66.0 Å². The molecule has 1 aliphatic rings. The van der Waals surface area contributed by atoms with Gasteiger partial charge in [0.05, 0.1) is 11.3 Å². The normalized spacial score (nSPS) is 14.5. The zero-order valence-corrected chi connectivity index (χ0v) is 18.7. The molecule has 1 saturated heterocycles. The van der Waals surface area contributed by atoms with Gasteiger partial charge in [-0.25, -0.2) is 9.78 Å². The van der Waals surface area contributed by atoms with Crippen LogP contribution < -0.4 is 10.2 Å². The van der Waals surface area contributed by atoms with Gasteiger partial charge in [0.2, 0.25) is 5.89 Å². The predicted molar refractivity (Wildman–Crippen MR) is 129 cm³/mol. The minimum Gasteiger partial charge on any atom is -0.465 e. The van der Waals surface area contributed by atoms with Crippen LogP contribution in [0.5, 0.6) is 0 Å². The Labute approximate surface area is 192 Å². The molecule has 3 heterocycles. The van der Waals surface area contributed by atoms with E-state index < -0.39 is 6.09 Å². The Morgan fingerprint density at radius 3 is 2.45 bits per heavy atom. The monoisotopic (exact) mass is 442 g/mol. The van der Waals surface area contributed by atoms with E-state index in [0.29, 0.717) is 5.89 Å². The molecule has 0 saturated carbocycles. The first-order valence-electron chi connectivity index (χ1n) is 11.1. The molecule has 33 heavy (non-hydrogen) atoms. The first kappa shape index (κ1) is 21.0. The number of amides is 1. The first-order chi connectivity index (χ1) is 16.0. The third-order valence-electron chi connectivity index (χ3n) is 6.11. The lowest BCUT2D eigenvalue weighted by molar-refractivity contribution is 0.187. The van der Waals surface area contributed by atoms with E-state index in [1.54, 1.807) is 0 Å². The number of hydrogen-bond donors (Lipinski definition) is 2. The Kier molecular flexibility index (Phi) is 5.46. The van der Waals surface area contributed by atoms with E-state index in [1.165, 1.54) is 11.1 Å². The molecule has 1 fully saturated rings. The number of carboxylic acid groups (broad SMARTS) is 1. The predicted octanol–water partition coefficient (Wildman–Crippen LogP) is 5.41. The summed E-state index contributed by atoms with van der Waals surface area (Å²) in [4.78, 5) is 22.7. The van der Waals surface area contributed by atoms with Gasteiger partial charge in [0, 0.05) is 37.1 Å². The van der Waals surface area contributed by atoms with Gasteiger partial charge in [-0.1, -0.05) is 41.5 Å². The fourth-order valence-electron chi connectivity index (χ4n) is 4.70. The SMILES string of the molecule is Cc1cc(C)cc(-c2cncc(-c3nc4ccccc4o3)c2N2CCC(NC(=O)O)CC2)c1. The average Bonchev–Trinajstić information content (AvgIpc) is 3.22. The number of hydrogen-bond acceptors (Lipinski definition) is 5. The number of fused-ring (bicyclic) bond motifs is 1. The van der Waals surface area contributed by atoms with Crippen molar-refractivity contribution in [1.29, 1.82) is 0 Å². The van der Waals surface area contributed by atoms with Gasteiger partial charge < -0.3 is 19.7 Å². The van der Waals surface area contributed by atoms with Crippen LogP contribution in [-0.2, 0) is 0 Å². The Bertz CT molecular complexity index is 1270. The van der Waals surface area contributed by atoms with Crippen molar-refractivity contribution >= 4 is 22.9 Å². The minimum atomic E-state index is -0.972. The van der Waals surface area contributed by atoms with Gasteiger partial charge >= 0.3 is 6.09 Å². The third-order valence-corrected chi connectivity index (χ3v) is 6.11. The molecule has 7 nitrogen and oxygen atoms in total. The summed E-state index contributed by atoms with van der Waals surface area (Å²) < 4.78 is 6.13. The minimum absolute atomic E-state index is 0.0435. The lowest BCUT2D eigenvalue weighted by atomic mass is 9.96. The molecule has 5 rings (SSSR count). The van der Waals surface area contributed by atoms with E-state index in [2.05, 4.69) is 47.2 Å². The summed E-state index contributed by atoms with van der Waals surface area (Å²) in [7, 11) is 0. The Morgan fingerprint density at radius 2 is 1.76 bits per heavy atom. The van der Waals surface area contributed by atoms with Crippen LogP contribution in [0.15, 0.2) is 59.3 Å². The highest BCUT2D eigenvalue weighted by molar-refractivity contribution is 5.90. The fourth-order valence-corrected chi connectivity index (χ4v) is 4.70. The van der Waals surface area contributed by atoms with Gasteiger partial charge in [-0.3, -0.25) is 4.98 Å². The fraction of sp³-hybridized carbons (Fsp3) is 0.269. The van der Waals surface area contributed by atoms with Crippen molar-refractivity contribution in [2.45, 2.75) is 32.7 Å². The van der Waals surface area contributed by atoms with E-state index in [4.69, 9.17) is 14.5 Å². The van der Waals surface area contributed by atoms with Crippen LogP contribution in [0.4, 0.5) is 10.5 Å². The second-order valence-electron chi connectivity index (χ2n) is 8.66. The number of anilines is 1. The third kappa shape index (κ3) is 4.26. The largest absolute Gasteiger partial charge is 0.465 e. The molecule has 168 valence electrons. The van der Waals surface area contributed by atoms with Gasteiger partial charge in [-0.05, 0) is 44.4 Å². The molecule has 0 spiro atoms. The van der Waals surface area contributed by atoms with Gasteiger partial charge in [-0.2, -0.15) is 0 Å². The van der Waals surface area contributed by atoms with Crippen molar-refractivity contribution in [2.24, 2.45) is 0 Å². The molecule has 7 heteroatoms. The van der Waals surface area contributed by atoms with Crippen LogP contribution in [0.1, 0.15) is 24.0 Å². The van der Waals surface area contributed by atoms with Crippen LogP contribution in [0, 0.1) is 13.8 Å². The standard InChI is InChI=1S/C26H26N4O3/c1-16-11-17(2)13-18(12-16)20-14-27-15-21(25-29-22-5-3-4-6-23(22)33-25)24(20)30-9-7-19(8-10-30)28-26(31)32/h3-6,11-15,19,28H,7-10H2,1-2H3,(H,31,32). The zero-order valence-electron chi connectivity index (χ0n) is 18.7. The van der Waals surface area contributed by atoms with Crippen molar-refractivity contribution in [3.8, 4) is 22.6 Å². The molecule has 1 aliphatic heterocycles. The van der Waals surface area contributed by atoms with E-state index in [1.807, 2.05) is 36.7 Å². The number of pyridine rings is 1. The maximum absolute atomic E-state index is 11.1. The number of carbonyl (C=O) groups is 1. The number of para-hydroxylation sites is 2. The second-order valence-corrected chi connectivity index (χ2v) is 8.66. The lowest BCUT2D eigenvalue weighted by Crippen LogP contribution is -2.44. The summed E-state index contributed by atoms with van der Waals surface area (Å²) in [5, 5.41) is 11.7. The molecular weight excluding hydrogens is 416 g/mol. The first-order valence-corrected chi connectivity index (χ1v) is 11.1. The molecule has 0 bridgehead atoms. The van der Waals surface area contributed by atoms with Gasteiger partial charge in [0.1, 0.15) is 5.52 Å². The van der Waals surface area contributed by atoms with Gasteiger partial charge in [0.15, 0.2) is 5.58 Å². The summed E-state index contributed by atoms with van der Waals surface area (Å²) in [5.74, 6) is 0.538. The highest BCUT2D eigenvalue weighted by Gasteiger charge is 2.27. The van der Waals surface area contributed by atoms with Crippen LogP contribution in [0.2, 0.25) is 0 Å². The number of aromatic nitrogens is 2. The topological polar surface area (TPSA) is 91.5 Å². The molecule has 2 aromatic carbocycles. The molecule has 2 N–H and O–H groups in total. The molecular formula is C26H26N4O3. The van der Waals surface area contributed by atoms with Crippen LogP contribution in [-0.4, -0.2) is 40.3 Å².